The Balaban J connectivity index is 2.26. The summed E-state index contributed by atoms with van der Waals surface area (Å²) >= 11 is 16.4. The molecule has 1 aromatic heterocycles. The summed E-state index contributed by atoms with van der Waals surface area (Å²) in [6, 6.07) is 7.52. The van der Waals surface area contributed by atoms with Crippen molar-refractivity contribution in [1.82, 2.24) is 9.97 Å². The Labute approximate surface area is 116 Å². The molecule has 82 valence electrons. The van der Waals surface area contributed by atoms with Crippen LogP contribution >= 0.6 is 50.9 Å². The Morgan fingerprint density at radius 3 is 2.50 bits per heavy atom. The van der Waals surface area contributed by atoms with Crippen molar-refractivity contribution < 1.29 is 0 Å². The van der Waals surface area contributed by atoms with Gasteiger partial charge in [-0.3, -0.25) is 0 Å². The summed E-state index contributed by atoms with van der Waals surface area (Å²) in [7, 11) is 0. The zero-order valence-electron chi connectivity index (χ0n) is 7.82. The molecule has 0 aliphatic carbocycles. The van der Waals surface area contributed by atoms with Crippen molar-refractivity contribution in [2.75, 3.05) is 0 Å². The van der Waals surface area contributed by atoms with Gasteiger partial charge in [0.15, 0.2) is 0 Å². The highest BCUT2D eigenvalue weighted by molar-refractivity contribution is 9.10. The number of nitrogens with zero attached hydrogens (tertiary/aromatic N) is 2. The van der Waals surface area contributed by atoms with Crippen LogP contribution in [0.5, 0.6) is 0 Å². The van der Waals surface area contributed by atoms with Gasteiger partial charge in [-0.05, 0) is 51.8 Å². The maximum atomic E-state index is 5.81. The SMILES string of the molecule is Clc1ccc(Sc2nc(Cl)ncc2Br)cc1. The van der Waals surface area contributed by atoms with Gasteiger partial charge in [-0.1, -0.05) is 23.4 Å². The minimum Gasteiger partial charge on any atom is -0.225 e. The molecular formula is C10H5BrCl2N2S. The topological polar surface area (TPSA) is 25.8 Å². The first-order chi connectivity index (χ1) is 7.65. The molecule has 1 heterocycles. The highest BCUT2D eigenvalue weighted by Crippen LogP contribution is 2.32. The van der Waals surface area contributed by atoms with E-state index >= 15 is 0 Å². The van der Waals surface area contributed by atoms with Crippen LogP contribution in [0, 0.1) is 0 Å². The fraction of sp³-hybridized carbons (Fsp3) is 0. The highest BCUT2D eigenvalue weighted by Gasteiger charge is 2.05. The predicted molar refractivity (Wildman–Crippen MR) is 70.3 cm³/mol. The van der Waals surface area contributed by atoms with Crippen LogP contribution in [-0.4, -0.2) is 9.97 Å². The van der Waals surface area contributed by atoms with Crippen LogP contribution in [0.15, 0.2) is 44.9 Å². The van der Waals surface area contributed by atoms with Crippen LogP contribution in [0.25, 0.3) is 0 Å². The molecule has 0 aliphatic rings. The third kappa shape index (κ3) is 3.10. The molecule has 1 aromatic carbocycles. The average Bonchev–Trinajstić information content (AvgIpc) is 2.27. The monoisotopic (exact) mass is 334 g/mol. The van der Waals surface area contributed by atoms with Gasteiger partial charge >= 0.3 is 0 Å². The van der Waals surface area contributed by atoms with Crippen molar-refractivity contribution >= 4 is 50.9 Å². The molecule has 2 rings (SSSR count). The van der Waals surface area contributed by atoms with Crippen LogP contribution in [0.2, 0.25) is 10.3 Å². The van der Waals surface area contributed by atoms with Gasteiger partial charge in [0.2, 0.25) is 5.28 Å². The van der Waals surface area contributed by atoms with Crippen molar-refractivity contribution in [3.63, 3.8) is 0 Å². The van der Waals surface area contributed by atoms with Crippen molar-refractivity contribution in [3.05, 3.63) is 45.2 Å². The molecule has 0 N–H and O–H groups in total. The second-order valence-electron chi connectivity index (χ2n) is 2.85. The van der Waals surface area contributed by atoms with Crippen molar-refractivity contribution in [2.24, 2.45) is 0 Å². The zero-order valence-corrected chi connectivity index (χ0v) is 11.7. The largest absolute Gasteiger partial charge is 0.225 e. The van der Waals surface area contributed by atoms with Crippen molar-refractivity contribution in [3.8, 4) is 0 Å². The third-order valence-corrected chi connectivity index (χ3v) is 4.00. The summed E-state index contributed by atoms with van der Waals surface area (Å²) in [6.45, 7) is 0. The molecule has 0 amide bonds. The van der Waals surface area contributed by atoms with Gasteiger partial charge < -0.3 is 0 Å². The van der Waals surface area contributed by atoms with Crippen LogP contribution in [0.1, 0.15) is 0 Å². The molecule has 2 aromatic rings. The van der Waals surface area contributed by atoms with Crippen LogP contribution in [0.3, 0.4) is 0 Å². The molecule has 0 aliphatic heterocycles. The molecular weight excluding hydrogens is 331 g/mol. The van der Waals surface area contributed by atoms with Crippen molar-refractivity contribution in [2.45, 2.75) is 9.92 Å². The van der Waals surface area contributed by atoms with E-state index < -0.39 is 0 Å². The molecule has 0 unspecified atom stereocenters. The lowest BCUT2D eigenvalue weighted by Crippen LogP contribution is -1.86. The van der Waals surface area contributed by atoms with Gasteiger partial charge in [0.05, 0.1) is 4.47 Å². The summed E-state index contributed by atoms with van der Waals surface area (Å²) in [6.07, 6.45) is 1.63. The van der Waals surface area contributed by atoms with E-state index in [1.54, 1.807) is 6.20 Å². The number of benzene rings is 1. The first-order valence-electron chi connectivity index (χ1n) is 4.26. The van der Waals surface area contributed by atoms with E-state index in [4.69, 9.17) is 23.2 Å². The molecule has 0 saturated carbocycles. The maximum absolute atomic E-state index is 5.81. The fourth-order valence-corrected chi connectivity index (χ4v) is 2.54. The standard InChI is InChI=1S/C10H5BrCl2N2S/c11-8-5-14-10(13)15-9(8)16-7-3-1-6(12)2-4-7/h1-5H. The lowest BCUT2D eigenvalue weighted by Gasteiger charge is -2.03. The molecule has 6 heteroatoms. The first kappa shape index (κ1) is 12.2. The van der Waals surface area contributed by atoms with Gasteiger partial charge in [-0.2, -0.15) is 0 Å². The minimum absolute atomic E-state index is 0.236. The molecule has 0 fully saturated rings. The van der Waals surface area contributed by atoms with Crippen LogP contribution < -0.4 is 0 Å². The summed E-state index contributed by atoms with van der Waals surface area (Å²) in [5.74, 6) is 0. The molecule has 2 nitrogen and oxygen atoms in total. The molecule has 0 saturated heterocycles. The molecule has 0 atom stereocenters. The van der Waals surface area contributed by atoms with E-state index in [1.807, 2.05) is 24.3 Å². The second-order valence-corrected chi connectivity index (χ2v) is 5.54. The quantitative estimate of drug-likeness (QED) is 0.587. The Morgan fingerprint density at radius 1 is 1.12 bits per heavy atom. The predicted octanol–water partition coefficient (Wildman–Crippen LogP) is 4.70. The third-order valence-electron chi connectivity index (χ3n) is 1.71. The van der Waals surface area contributed by atoms with E-state index in [9.17, 15) is 0 Å². The molecule has 16 heavy (non-hydrogen) atoms. The maximum Gasteiger partial charge on any atom is 0.223 e. The average molecular weight is 336 g/mol. The lowest BCUT2D eigenvalue weighted by atomic mass is 10.4. The zero-order chi connectivity index (χ0) is 11.5. The molecule has 0 spiro atoms. The van der Waals surface area contributed by atoms with E-state index in [-0.39, 0.29) is 5.28 Å². The second kappa shape index (κ2) is 5.36. The van der Waals surface area contributed by atoms with Gasteiger partial charge in [0, 0.05) is 16.1 Å². The smallest absolute Gasteiger partial charge is 0.223 e. The Kier molecular flexibility index (Phi) is 4.08. The van der Waals surface area contributed by atoms with Crippen LogP contribution in [-0.2, 0) is 0 Å². The Bertz CT molecular complexity index is 505. The van der Waals surface area contributed by atoms with E-state index in [0.29, 0.717) is 5.02 Å². The van der Waals surface area contributed by atoms with Gasteiger partial charge in [0.25, 0.3) is 0 Å². The number of rotatable bonds is 2. The van der Waals surface area contributed by atoms with Crippen molar-refractivity contribution in [1.29, 1.82) is 0 Å². The minimum atomic E-state index is 0.236. The summed E-state index contributed by atoms with van der Waals surface area (Å²) in [5, 5.41) is 1.73. The fourth-order valence-electron chi connectivity index (χ4n) is 1.02. The highest BCUT2D eigenvalue weighted by atomic mass is 79.9. The lowest BCUT2D eigenvalue weighted by molar-refractivity contribution is 1.03. The van der Waals surface area contributed by atoms with Gasteiger partial charge in [0.1, 0.15) is 5.03 Å². The molecule has 0 radical (unpaired) electrons. The van der Waals surface area contributed by atoms with E-state index in [2.05, 4.69) is 25.9 Å². The van der Waals surface area contributed by atoms with E-state index in [1.165, 1.54) is 11.8 Å². The Morgan fingerprint density at radius 2 is 1.81 bits per heavy atom. The summed E-state index contributed by atoms with van der Waals surface area (Å²) in [5.41, 5.74) is 0. The van der Waals surface area contributed by atoms with Gasteiger partial charge in [-0.25, -0.2) is 9.97 Å². The number of hydrogen-bond donors (Lipinski definition) is 0. The number of aromatic nitrogens is 2. The van der Waals surface area contributed by atoms with E-state index in [0.717, 1.165) is 14.4 Å². The molecule has 0 bridgehead atoms. The number of hydrogen-bond acceptors (Lipinski definition) is 3. The summed E-state index contributed by atoms with van der Waals surface area (Å²) in [4.78, 5) is 9.04. The number of halogens is 3. The van der Waals surface area contributed by atoms with Gasteiger partial charge in [-0.15, -0.1) is 0 Å². The first-order valence-corrected chi connectivity index (χ1v) is 6.63. The van der Waals surface area contributed by atoms with Crippen LogP contribution in [0.4, 0.5) is 0 Å². The summed E-state index contributed by atoms with van der Waals surface area (Å²) < 4.78 is 0.817. The normalized spacial score (nSPS) is 10.4. The Hall–Kier alpha value is -0.290.